The summed E-state index contributed by atoms with van der Waals surface area (Å²) in [7, 11) is 0. The van der Waals surface area contributed by atoms with E-state index in [1.54, 1.807) is 12.1 Å². The molecular weight excluding hydrogens is 352 g/mol. The Morgan fingerprint density at radius 2 is 2.14 bits per heavy atom. The minimum absolute atomic E-state index is 0.183. The number of rotatable bonds is 4. The molecule has 3 nitrogen and oxygen atoms in total. The van der Waals surface area contributed by atoms with E-state index in [9.17, 15) is 4.79 Å². The average Bonchev–Trinajstić information content (AvgIpc) is 2.43. The summed E-state index contributed by atoms with van der Waals surface area (Å²) in [5, 5.41) is 3.25. The van der Waals surface area contributed by atoms with E-state index in [-0.39, 0.29) is 5.91 Å². The van der Waals surface area contributed by atoms with E-state index in [1.807, 2.05) is 25.1 Å². The molecule has 0 radical (unpaired) electrons. The van der Waals surface area contributed by atoms with Crippen molar-refractivity contribution in [1.82, 2.24) is 4.98 Å². The van der Waals surface area contributed by atoms with Crippen LogP contribution in [0.1, 0.15) is 35.0 Å². The van der Waals surface area contributed by atoms with Gasteiger partial charge >= 0.3 is 0 Å². The number of hydrogen-bond acceptors (Lipinski definition) is 2. The minimum atomic E-state index is -0.183. The Kier molecular flexibility index (Phi) is 5.37. The van der Waals surface area contributed by atoms with Crippen molar-refractivity contribution in [1.29, 1.82) is 0 Å². The van der Waals surface area contributed by atoms with Gasteiger partial charge in [0.05, 0.1) is 0 Å². The van der Waals surface area contributed by atoms with Gasteiger partial charge in [-0.05, 0) is 43.2 Å². The Labute approximate surface area is 137 Å². The molecule has 0 aliphatic heterocycles. The fraction of sp³-hybridized carbons (Fsp3) is 0.250. The third-order valence-electron chi connectivity index (χ3n) is 3.13. The number of benzene rings is 1. The van der Waals surface area contributed by atoms with Gasteiger partial charge in [0.25, 0.3) is 5.91 Å². The molecule has 1 heterocycles. The van der Waals surface area contributed by atoms with Crippen LogP contribution in [-0.2, 0) is 6.42 Å². The molecule has 0 aliphatic carbocycles. The first-order chi connectivity index (χ1) is 10.0. The summed E-state index contributed by atoms with van der Waals surface area (Å²) in [4.78, 5) is 16.6. The van der Waals surface area contributed by atoms with E-state index >= 15 is 0 Å². The molecule has 21 heavy (non-hydrogen) atoms. The van der Waals surface area contributed by atoms with Crippen LogP contribution in [0, 0.1) is 6.92 Å². The van der Waals surface area contributed by atoms with E-state index < -0.39 is 0 Å². The highest BCUT2D eigenvalue weighted by molar-refractivity contribution is 9.10. The van der Waals surface area contributed by atoms with Crippen LogP contribution in [0.15, 0.2) is 34.8 Å². The Balaban J connectivity index is 2.26. The van der Waals surface area contributed by atoms with Crippen molar-refractivity contribution >= 4 is 39.1 Å². The predicted molar refractivity (Wildman–Crippen MR) is 90.1 cm³/mol. The third-order valence-corrected chi connectivity index (χ3v) is 4.18. The second-order valence-corrected chi connectivity index (χ2v) is 6.03. The van der Waals surface area contributed by atoms with Crippen LogP contribution in [0.5, 0.6) is 0 Å². The molecular formula is C16H16BrClN2O. The number of aryl methyl sites for hydroxylation is 1. The summed E-state index contributed by atoms with van der Waals surface area (Å²) in [5.74, 6) is -0.183. The molecule has 1 aromatic heterocycles. The van der Waals surface area contributed by atoms with E-state index in [1.165, 1.54) is 0 Å². The van der Waals surface area contributed by atoms with Gasteiger partial charge in [0.2, 0.25) is 0 Å². The third kappa shape index (κ3) is 4.05. The number of carbonyl (C=O) groups excluding carboxylic acids is 1. The van der Waals surface area contributed by atoms with E-state index in [0.717, 1.165) is 34.3 Å². The highest BCUT2D eigenvalue weighted by Gasteiger charge is 2.11. The number of nitrogens with zero attached hydrogens (tertiary/aromatic N) is 1. The topological polar surface area (TPSA) is 42.0 Å². The lowest BCUT2D eigenvalue weighted by Gasteiger charge is -2.10. The van der Waals surface area contributed by atoms with Gasteiger partial charge in [-0.1, -0.05) is 46.9 Å². The van der Waals surface area contributed by atoms with Crippen molar-refractivity contribution in [2.45, 2.75) is 26.7 Å². The molecule has 0 atom stereocenters. The van der Waals surface area contributed by atoms with Gasteiger partial charge in [0, 0.05) is 21.4 Å². The summed E-state index contributed by atoms with van der Waals surface area (Å²) in [6.45, 7) is 4.01. The first-order valence-corrected chi connectivity index (χ1v) is 7.91. The van der Waals surface area contributed by atoms with Gasteiger partial charge in [-0.15, -0.1) is 0 Å². The number of anilines is 1. The number of aromatic nitrogens is 1. The lowest BCUT2D eigenvalue weighted by atomic mass is 10.1. The number of hydrogen-bond donors (Lipinski definition) is 1. The van der Waals surface area contributed by atoms with Gasteiger partial charge in [0.1, 0.15) is 5.15 Å². The van der Waals surface area contributed by atoms with Crippen molar-refractivity contribution in [3.05, 3.63) is 56.8 Å². The van der Waals surface area contributed by atoms with Crippen LogP contribution in [0.25, 0.3) is 0 Å². The van der Waals surface area contributed by atoms with E-state index in [4.69, 9.17) is 11.6 Å². The maximum absolute atomic E-state index is 12.4. The normalized spacial score (nSPS) is 10.5. The summed E-state index contributed by atoms with van der Waals surface area (Å²) >= 11 is 9.44. The van der Waals surface area contributed by atoms with Crippen LogP contribution in [0.4, 0.5) is 5.69 Å². The van der Waals surface area contributed by atoms with Crippen LogP contribution in [0.3, 0.4) is 0 Å². The summed E-state index contributed by atoms with van der Waals surface area (Å²) in [5.41, 5.74) is 3.12. The first kappa shape index (κ1) is 16.0. The highest BCUT2D eigenvalue weighted by Crippen LogP contribution is 2.24. The monoisotopic (exact) mass is 366 g/mol. The molecule has 1 aromatic carbocycles. The van der Waals surface area contributed by atoms with Crippen molar-refractivity contribution in [3.63, 3.8) is 0 Å². The van der Waals surface area contributed by atoms with Gasteiger partial charge in [-0.25, -0.2) is 4.98 Å². The fourth-order valence-corrected chi connectivity index (χ4v) is 2.60. The Hall–Kier alpha value is -1.39. The second kappa shape index (κ2) is 7.05. The quantitative estimate of drug-likeness (QED) is 0.772. The standard InChI is InChI=1S/C16H16BrClN2O/c1-3-5-12-8-11(9-15(18)19-12)16(21)20-14-7-4-6-13(17)10(14)2/h4,6-9H,3,5H2,1-2H3,(H,20,21). The molecule has 1 amide bonds. The molecule has 2 rings (SSSR count). The Morgan fingerprint density at radius 3 is 2.86 bits per heavy atom. The zero-order chi connectivity index (χ0) is 15.4. The van der Waals surface area contributed by atoms with Gasteiger partial charge in [0.15, 0.2) is 0 Å². The number of halogens is 2. The zero-order valence-electron chi connectivity index (χ0n) is 11.9. The predicted octanol–water partition coefficient (Wildman–Crippen LogP) is 5.01. The number of pyridine rings is 1. The maximum Gasteiger partial charge on any atom is 0.255 e. The lowest BCUT2D eigenvalue weighted by molar-refractivity contribution is 0.102. The summed E-state index contributed by atoms with van der Waals surface area (Å²) in [6.07, 6.45) is 1.76. The lowest BCUT2D eigenvalue weighted by Crippen LogP contribution is -2.13. The minimum Gasteiger partial charge on any atom is -0.322 e. The molecule has 0 fully saturated rings. The van der Waals surface area contributed by atoms with Crippen molar-refractivity contribution in [2.24, 2.45) is 0 Å². The smallest absolute Gasteiger partial charge is 0.255 e. The summed E-state index contributed by atoms with van der Waals surface area (Å²) < 4.78 is 0.958. The molecule has 110 valence electrons. The second-order valence-electron chi connectivity index (χ2n) is 4.79. The molecule has 1 N–H and O–H groups in total. The zero-order valence-corrected chi connectivity index (χ0v) is 14.3. The summed E-state index contributed by atoms with van der Waals surface area (Å²) in [6, 6.07) is 9.07. The molecule has 0 bridgehead atoms. The molecule has 0 unspecified atom stereocenters. The van der Waals surface area contributed by atoms with E-state index in [2.05, 4.69) is 33.2 Å². The Morgan fingerprint density at radius 1 is 1.38 bits per heavy atom. The molecule has 0 saturated heterocycles. The SMILES string of the molecule is CCCc1cc(C(=O)Nc2cccc(Br)c2C)cc(Cl)n1. The fourth-order valence-electron chi connectivity index (χ4n) is 2.00. The maximum atomic E-state index is 12.4. The van der Waals surface area contributed by atoms with Crippen LogP contribution in [0.2, 0.25) is 5.15 Å². The largest absolute Gasteiger partial charge is 0.322 e. The van der Waals surface area contributed by atoms with Crippen molar-refractivity contribution in [3.8, 4) is 0 Å². The number of nitrogens with one attached hydrogen (secondary N) is 1. The molecule has 0 spiro atoms. The van der Waals surface area contributed by atoms with Crippen LogP contribution < -0.4 is 5.32 Å². The first-order valence-electron chi connectivity index (χ1n) is 6.74. The average molecular weight is 368 g/mol. The molecule has 0 aliphatic rings. The Bertz CT molecular complexity index is 673. The van der Waals surface area contributed by atoms with Crippen LogP contribution in [-0.4, -0.2) is 10.9 Å². The van der Waals surface area contributed by atoms with E-state index in [0.29, 0.717) is 10.7 Å². The highest BCUT2D eigenvalue weighted by atomic mass is 79.9. The van der Waals surface area contributed by atoms with Gasteiger partial charge in [-0.2, -0.15) is 0 Å². The van der Waals surface area contributed by atoms with Crippen LogP contribution >= 0.6 is 27.5 Å². The number of amides is 1. The molecule has 0 saturated carbocycles. The van der Waals surface area contributed by atoms with Gasteiger partial charge < -0.3 is 5.32 Å². The van der Waals surface area contributed by atoms with Gasteiger partial charge in [-0.3, -0.25) is 4.79 Å². The van der Waals surface area contributed by atoms with Crippen molar-refractivity contribution in [2.75, 3.05) is 5.32 Å². The molecule has 2 aromatic rings. The van der Waals surface area contributed by atoms with Crippen molar-refractivity contribution < 1.29 is 4.79 Å². The number of carbonyl (C=O) groups is 1. The molecule has 5 heteroatoms.